The summed E-state index contributed by atoms with van der Waals surface area (Å²) in [6, 6.07) is 0.214. The van der Waals surface area contributed by atoms with Crippen LogP contribution in [0.3, 0.4) is 0 Å². The molecule has 1 aliphatic carbocycles. The van der Waals surface area contributed by atoms with E-state index in [9.17, 15) is 9.59 Å². The Morgan fingerprint density at radius 2 is 1.81 bits per heavy atom. The van der Waals surface area contributed by atoms with Crippen molar-refractivity contribution < 1.29 is 9.59 Å². The van der Waals surface area contributed by atoms with Crippen molar-refractivity contribution in [2.24, 2.45) is 5.92 Å². The number of halogens is 1. The maximum Gasteiger partial charge on any atom is 0.239 e. The highest BCUT2D eigenvalue weighted by molar-refractivity contribution is 5.85. The lowest BCUT2D eigenvalue weighted by molar-refractivity contribution is -0.126. The van der Waals surface area contributed by atoms with Gasteiger partial charge in [-0.05, 0) is 31.7 Å². The topological polar surface area (TPSA) is 70.2 Å². The first-order valence-electron chi connectivity index (χ1n) is 8.01. The van der Waals surface area contributed by atoms with Crippen molar-refractivity contribution in [2.75, 3.05) is 19.6 Å². The van der Waals surface area contributed by atoms with Crippen molar-refractivity contribution in [3.05, 3.63) is 0 Å². The fourth-order valence-electron chi connectivity index (χ4n) is 3.16. The predicted octanol–water partition coefficient (Wildman–Crippen LogP) is 1.36. The summed E-state index contributed by atoms with van der Waals surface area (Å²) < 4.78 is 0. The first kappa shape index (κ1) is 18.2. The van der Waals surface area contributed by atoms with E-state index in [1.165, 1.54) is 25.7 Å². The Kier molecular flexibility index (Phi) is 8.69. The van der Waals surface area contributed by atoms with Gasteiger partial charge in [-0.1, -0.05) is 25.7 Å². The predicted molar refractivity (Wildman–Crippen MR) is 85.5 cm³/mol. The third kappa shape index (κ3) is 7.14. The normalized spacial score (nSPS) is 22.4. The Morgan fingerprint density at radius 3 is 2.48 bits per heavy atom. The van der Waals surface area contributed by atoms with Crippen LogP contribution in [0.2, 0.25) is 0 Å². The molecule has 2 fully saturated rings. The van der Waals surface area contributed by atoms with Crippen LogP contribution in [0.25, 0.3) is 0 Å². The molecule has 2 aliphatic rings. The third-order valence-corrected chi connectivity index (χ3v) is 4.36. The molecule has 1 atom stereocenters. The minimum atomic E-state index is -0.0760. The Balaban J connectivity index is 0.00000220. The van der Waals surface area contributed by atoms with E-state index in [-0.39, 0.29) is 36.8 Å². The lowest BCUT2D eigenvalue weighted by Crippen LogP contribution is -2.48. The highest BCUT2D eigenvalue weighted by Gasteiger charge is 2.17. The van der Waals surface area contributed by atoms with Gasteiger partial charge in [-0.3, -0.25) is 9.59 Å². The second kappa shape index (κ2) is 10.0. The monoisotopic (exact) mass is 317 g/mol. The molecule has 122 valence electrons. The minimum Gasteiger partial charge on any atom is -0.351 e. The number of piperidine rings is 1. The molecule has 3 N–H and O–H groups in total. The molecule has 0 bridgehead atoms. The molecule has 0 spiro atoms. The second-order valence-electron chi connectivity index (χ2n) is 6.08. The standard InChI is InChI=1S/C15H27N3O2.ClH/c19-14(8-7-12-4-1-2-5-12)17-11-15(20)18-13-6-3-9-16-10-13;/h12-13,16H,1-11H2,(H,17,19)(H,18,20);1H. The van der Waals surface area contributed by atoms with Crippen molar-refractivity contribution in [3.8, 4) is 0 Å². The molecule has 0 radical (unpaired) electrons. The zero-order valence-corrected chi connectivity index (χ0v) is 13.5. The van der Waals surface area contributed by atoms with Gasteiger partial charge in [0.1, 0.15) is 0 Å². The molecule has 1 aliphatic heterocycles. The van der Waals surface area contributed by atoms with Gasteiger partial charge >= 0.3 is 0 Å². The summed E-state index contributed by atoms with van der Waals surface area (Å²) in [4.78, 5) is 23.4. The van der Waals surface area contributed by atoms with Crippen LogP contribution in [0.4, 0.5) is 0 Å². The zero-order valence-electron chi connectivity index (χ0n) is 12.7. The van der Waals surface area contributed by atoms with Crippen LogP contribution in [0.15, 0.2) is 0 Å². The molecule has 0 aromatic heterocycles. The zero-order chi connectivity index (χ0) is 14.2. The van der Waals surface area contributed by atoms with Crippen LogP contribution < -0.4 is 16.0 Å². The highest BCUT2D eigenvalue weighted by atomic mass is 35.5. The van der Waals surface area contributed by atoms with E-state index in [0.29, 0.717) is 6.42 Å². The second-order valence-corrected chi connectivity index (χ2v) is 6.08. The number of hydrogen-bond donors (Lipinski definition) is 3. The fourth-order valence-corrected chi connectivity index (χ4v) is 3.16. The van der Waals surface area contributed by atoms with Crippen molar-refractivity contribution in [3.63, 3.8) is 0 Å². The summed E-state index contributed by atoms with van der Waals surface area (Å²) in [7, 11) is 0. The number of rotatable bonds is 6. The van der Waals surface area contributed by atoms with E-state index < -0.39 is 0 Å². The maximum atomic E-state index is 11.7. The smallest absolute Gasteiger partial charge is 0.239 e. The van der Waals surface area contributed by atoms with Gasteiger partial charge in [-0.25, -0.2) is 0 Å². The lowest BCUT2D eigenvalue weighted by Gasteiger charge is -2.23. The summed E-state index contributed by atoms with van der Waals surface area (Å²) in [6.45, 7) is 1.98. The molecule has 1 unspecified atom stereocenters. The van der Waals surface area contributed by atoms with Crippen LogP contribution in [-0.2, 0) is 9.59 Å². The Hall–Kier alpha value is -0.810. The van der Waals surface area contributed by atoms with Gasteiger partial charge in [0.05, 0.1) is 6.54 Å². The van der Waals surface area contributed by atoms with Crippen molar-refractivity contribution >= 4 is 24.2 Å². The van der Waals surface area contributed by atoms with Gasteiger partial charge in [0.2, 0.25) is 11.8 Å². The van der Waals surface area contributed by atoms with Gasteiger partial charge in [0, 0.05) is 19.0 Å². The van der Waals surface area contributed by atoms with E-state index in [1.54, 1.807) is 0 Å². The highest BCUT2D eigenvalue weighted by Crippen LogP contribution is 2.28. The summed E-state index contributed by atoms with van der Waals surface area (Å²) >= 11 is 0. The minimum absolute atomic E-state index is 0. The number of carbonyl (C=O) groups excluding carboxylic acids is 2. The quantitative estimate of drug-likeness (QED) is 0.693. The molecule has 21 heavy (non-hydrogen) atoms. The molecule has 5 nitrogen and oxygen atoms in total. The molecule has 0 aromatic carbocycles. The first-order valence-corrected chi connectivity index (χ1v) is 8.01. The first-order chi connectivity index (χ1) is 9.74. The lowest BCUT2D eigenvalue weighted by atomic mass is 10.0. The van der Waals surface area contributed by atoms with Crippen molar-refractivity contribution in [1.82, 2.24) is 16.0 Å². The Labute approximate surface area is 133 Å². The van der Waals surface area contributed by atoms with Crippen LogP contribution in [-0.4, -0.2) is 37.5 Å². The number of nitrogens with one attached hydrogen (secondary N) is 3. The SMILES string of the molecule is Cl.O=C(CCC1CCCC1)NCC(=O)NC1CCCNC1. The van der Waals surface area contributed by atoms with E-state index in [1.807, 2.05) is 0 Å². The number of carbonyl (C=O) groups is 2. The van der Waals surface area contributed by atoms with Gasteiger partial charge < -0.3 is 16.0 Å². The van der Waals surface area contributed by atoms with E-state index in [4.69, 9.17) is 0 Å². The van der Waals surface area contributed by atoms with E-state index in [2.05, 4.69) is 16.0 Å². The molecule has 6 heteroatoms. The molecule has 1 saturated heterocycles. The van der Waals surface area contributed by atoms with Crippen LogP contribution in [0.5, 0.6) is 0 Å². The summed E-state index contributed by atoms with van der Waals surface area (Å²) in [5.74, 6) is 0.657. The van der Waals surface area contributed by atoms with Gasteiger partial charge in [0.15, 0.2) is 0 Å². The number of hydrogen-bond acceptors (Lipinski definition) is 3. The average molecular weight is 318 g/mol. The summed E-state index contributed by atoms with van der Waals surface area (Å²) in [5, 5.41) is 8.93. The van der Waals surface area contributed by atoms with Crippen molar-refractivity contribution in [1.29, 1.82) is 0 Å². The molecule has 1 saturated carbocycles. The van der Waals surface area contributed by atoms with E-state index in [0.717, 1.165) is 38.3 Å². The molecular formula is C15H28ClN3O2. The molecule has 1 heterocycles. The van der Waals surface area contributed by atoms with Gasteiger partial charge in [0.25, 0.3) is 0 Å². The van der Waals surface area contributed by atoms with Crippen LogP contribution in [0, 0.1) is 5.92 Å². The van der Waals surface area contributed by atoms with Gasteiger partial charge in [-0.2, -0.15) is 0 Å². The van der Waals surface area contributed by atoms with Crippen LogP contribution >= 0.6 is 12.4 Å². The maximum absolute atomic E-state index is 11.7. The van der Waals surface area contributed by atoms with Crippen LogP contribution in [0.1, 0.15) is 51.4 Å². The molecular weight excluding hydrogens is 290 g/mol. The van der Waals surface area contributed by atoms with E-state index >= 15 is 0 Å². The number of amides is 2. The molecule has 0 aromatic rings. The fraction of sp³-hybridized carbons (Fsp3) is 0.867. The molecule has 2 rings (SSSR count). The van der Waals surface area contributed by atoms with Gasteiger partial charge in [-0.15, -0.1) is 12.4 Å². The summed E-state index contributed by atoms with van der Waals surface area (Å²) in [5.41, 5.74) is 0. The van der Waals surface area contributed by atoms with Crippen molar-refractivity contribution in [2.45, 2.75) is 57.4 Å². The average Bonchev–Trinajstić information content (AvgIpc) is 2.97. The Bertz CT molecular complexity index is 327. The molecule has 2 amide bonds. The summed E-state index contributed by atoms with van der Waals surface area (Å²) in [6.07, 6.45) is 8.80. The Morgan fingerprint density at radius 1 is 1.05 bits per heavy atom. The largest absolute Gasteiger partial charge is 0.351 e. The third-order valence-electron chi connectivity index (χ3n) is 4.36.